The first-order valence-electron chi connectivity index (χ1n) is 6.55. The lowest BCUT2D eigenvalue weighted by molar-refractivity contribution is -0.111. The van der Waals surface area contributed by atoms with Crippen LogP contribution in [0.1, 0.15) is 15.9 Å². The van der Waals surface area contributed by atoms with Crippen LogP contribution in [0.15, 0.2) is 54.6 Å². The molecule has 2 N–H and O–H groups in total. The second-order valence-corrected chi connectivity index (χ2v) is 4.45. The summed E-state index contributed by atoms with van der Waals surface area (Å²) in [6, 6.07) is 13.5. The number of nitrogens with one attached hydrogen (secondary N) is 1. The molecular formula is C17H15NO4. The summed E-state index contributed by atoms with van der Waals surface area (Å²) in [6.07, 6.45) is 2.97. The zero-order chi connectivity index (χ0) is 15.9. The van der Waals surface area contributed by atoms with Crippen LogP contribution in [0, 0.1) is 0 Å². The van der Waals surface area contributed by atoms with Gasteiger partial charge in [0.1, 0.15) is 5.75 Å². The van der Waals surface area contributed by atoms with Crippen LogP contribution in [0.5, 0.6) is 5.75 Å². The molecule has 0 fully saturated rings. The van der Waals surface area contributed by atoms with E-state index in [2.05, 4.69) is 5.32 Å². The number of hydrogen-bond acceptors (Lipinski definition) is 3. The molecule has 2 rings (SSSR count). The van der Waals surface area contributed by atoms with Crippen molar-refractivity contribution in [1.82, 2.24) is 0 Å². The van der Waals surface area contributed by atoms with Gasteiger partial charge in [-0.2, -0.15) is 0 Å². The van der Waals surface area contributed by atoms with E-state index in [4.69, 9.17) is 9.84 Å². The van der Waals surface area contributed by atoms with Gasteiger partial charge in [0, 0.05) is 6.08 Å². The number of ether oxygens (including phenoxy) is 1. The monoisotopic (exact) mass is 297 g/mol. The zero-order valence-electron chi connectivity index (χ0n) is 11.9. The molecule has 0 unspecified atom stereocenters. The molecule has 2 aromatic carbocycles. The number of carboxylic acids is 1. The van der Waals surface area contributed by atoms with Crippen molar-refractivity contribution in [2.45, 2.75) is 0 Å². The lowest BCUT2D eigenvalue weighted by Gasteiger charge is -2.05. The average molecular weight is 297 g/mol. The largest absolute Gasteiger partial charge is 0.497 e. The highest BCUT2D eigenvalue weighted by Gasteiger charge is 2.10. The highest BCUT2D eigenvalue weighted by Crippen LogP contribution is 2.16. The SMILES string of the molecule is COc1cccc(C=CC(=O)Nc2ccccc2C(=O)O)c1. The van der Waals surface area contributed by atoms with E-state index in [-0.39, 0.29) is 11.3 Å². The van der Waals surface area contributed by atoms with Gasteiger partial charge in [-0.3, -0.25) is 4.79 Å². The van der Waals surface area contributed by atoms with Gasteiger partial charge in [-0.05, 0) is 35.9 Å². The molecule has 1 amide bonds. The molecule has 0 aliphatic heterocycles. The maximum Gasteiger partial charge on any atom is 0.337 e. The van der Waals surface area contributed by atoms with Crippen LogP contribution < -0.4 is 10.1 Å². The van der Waals surface area contributed by atoms with Gasteiger partial charge < -0.3 is 15.2 Å². The summed E-state index contributed by atoms with van der Waals surface area (Å²) in [7, 11) is 1.57. The molecule has 5 nitrogen and oxygen atoms in total. The molecule has 0 saturated carbocycles. The average Bonchev–Trinajstić information content (AvgIpc) is 2.53. The van der Waals surface area contributed by atoms with E-state index in [9.17, 15) is 9.59 Å². The summed E-state index contributed by atoms with van der Waals surface area (Å²) in [5.74, 6) is -0.803. The molecule has 112 valence electrons. The summed E-state index contributed by atoms with van der Waals surface area (Å²) in [5.41, 5.74) is 1.11. The second kappa shape index (κ2) is 7.08. The molecule has 0 aliphatic carbocycles. The number of carbonyl (C=O) groups is 2. The van der Waals surface area contributed by atoms with Crippen molar-refractivity contribution < 1.29 is 19.4 Å². The van der Waals surface area contributed by atoms with E-state index in [1.165, 1.54) is 12.1 Å². The van der Waals surface area contributed by atoms with Crippen LogP contribution >= 0.6 is 0 Å². The van der Waals surface area contributed by atoms with Gasteiger partial charge in [-0.15, -0.1) is 0 Å². The van der Waals surface area contributed by atoms with E-state index < -0.39 is 11.9 Å². The predicted octanol–water partition coefficient (Wildman–Crippen LogP) is 3.05. The Morgan fingerprint density at radius 3 is 2.64 bits per heavy atom. The zero-order valence-corrected chi connectivity index (χ0v) is 11.9. The van der Waals surface area contributed by atoms with Crippen molar-refractivity contribution in [3.8, 4) is 5.75 Å². The van der Waals surface area contributed by atoms with E-state index in [1.807, 2.05) is 12.1 Å². The van der Waals surface area contributed by atoms with Gasteiger partial charge in [0.15, 0.2) is 0 Å². The van der Waals surface area contributed by atoms with Gasteiger partial charge in [0.2, 0.25) is 5.91 Å². The Morgan fingerprint density at radius 1 is 1.14 bits per heavy atom. The highest BCUT2D eigenvalue weighted by atomic mass is 16.5. The molecule has 0 atom stereocenters. The fraction of sp³-hybridized carbons (Fsp3) is 0.0588. The third kappa shape index (κ3) is 3.96. The van der Waals surface area contributed by atoms with Gasteiger partial charge >= 0.3 is 5.97 Å². The Bertz CT molecular complexity index is 722. The molecule has 5 heteroatoms. The summed E-state index contributed by atoms with van der Waals surface area (Å²) in [5, 5.41) is 11.6. The molecule has 0 bridgehead atoms. The maximum atomic E-state index is 11.9. The minimum absolute atomic E-state index is 0.0469. The Morgan fingerprint density at radius 2 is 1.91 bits per heavy atom. The number of hydrogen-bond donors (Lipinski definition) is 2. The molecule has 0 heterocycles. The molecule has 22 heavy (non-hydrogen) atoms. The van der Waals surface area contributed by atoms with Crippen LogP contribution in [-0.4, -0.2) is 24.1 Å². The number of amides is 1. The van der Waals surface area contributed by atoms with Gasteiger partial charge in [0.05, 0.1) is 18.4 Å². The predicted molar refractivity (Wildman–Crippen MR) is 84.1 cm³/mol. The molecule has 2 aromatic rings. The Labute approximate surface area is 127 Å². The lowest BCUT2D eigenvalue weighted by Crippen LogP contribution is -2.11. The minimum atomic E-state index is -1.09. The normalized spacial score (nSPS) is 10.4. The van der Waals surface area contributed by atoms with Crippen molar-refractivity contribution in [3.05, 3.63) is 65.7 Å². The number of methoxy groups -OCH3 is 1. The first-order chi connectivity index (χ1) is 10.6. The van der Waals surface area contributed by atoms with E-state index >= 15 is 0 Å². The van der Waals surface area contributed by atoms with Gasteiger partial charge in [0.25, 0.3) is 0 Å². The maximum absolute atomic E-state index is 11.9. The van der Waals surface area contributed by atoms with Crippen molar-refractivity contribution in [2.75, 3.05) is 12.4 Å². The highest BCUT2D eigenvalue weighted by molar-refractivity contribution is 6.06. The summed E-state index contributed by atoms with van der Waals surface area (Å²) < 4.78 is 5.10. The number of rotatable bonds is 5. The Hall–Kier alpha value is -3.08. The van der Waals surface area contributed by atoms with E-state index in [1.54, 1.807) is 43.5 Å². The standard InChI is InChI=1S/C17H15NO4/c1-22-13-6-4-5-12(11-13)9-10-16(19)18-15-8-3-2-7-14(15)17(20)21/h2-11H,1H3,(H,18,19)(H,20,21). The van der Waals surface area contributed by atoms with Crippen LogP contribution in [0.2, 0.25) is 0 Å². The van der Waals surface area contributed by atoms with Crippen LogP contribution in [0.25, 0.3) is 6.08 Å². The number of aromatic carboxylic acids is 1. The summed E-state index contributed by atoms with van der Waals surface area (Å²) in [6.45, 7) is 0. The molecule has 0 spiro atoms. The van der Waals surface area contributed by atoms with Crippen LogP contribution in [0.3, 0.4) is 0 Å². The molecule has 0 aromatic heterocycles. The third-order valence-corrected chi connectivity index (χ3v) is 2.94. The van der Waals surface area contributed by atoms with E-state index in [0.29, 0.717) is 5.75 Å². The minimum Gasteiger partial charge on any atom is -0.497 e. The first-order valence-corrected chi connectivity index (χ1v) is 6.55. The number of carbonyl (C=O) groups excluding carboxylic acids is 1. The molecule has 0 aliphatic rings. The Balaban J connectivity index is 2.10. The van der Waals surface area contributed by atoms with Crippen LogP contribution in [0.4, 0.5) is 5.69 Å². The number of anilines is 1. The topological polar surface area (TPSA) is 75.6 Å². The molecular weight excluding hydrogens is 282 g/mol. The number of para-hydroxylation sites is 1. The quantitative estimate of drug-likeness (QED) is 0.832. The van der Waals surface area contributed by atoms with E-state index in [0.717, 1.165) is 5.56 Å². The van der Waals surface area contributed by atoms with Crippen LogP contribution in [-0.2, 0) is 4.79 Å². The lowest BCUT2D eigenvalue weighted by atomic mass is 10.1. The smallest absolute Gasteiger partial charge is 0.337 e. The fourth-order valence-corrected chi connectivity index (χ4v) is 1.87. The van der Waals surface area contributed by atoms with Crippen molar-refractivity contribution >= 4 is 23.6 Å². The number of benzene rings is 2. The third-order valence-electron chi connectivity index (χ3n) is 2.94. The van der Waals surface area contributed by atoms with Crippen molar-refractivity contribution in [3.63, 3.8) is 0 Å². The first kappa shape index (κ1) is 15.3. The molecule has 0 radical (unpaired) electrons. The Kier molecular flexibility index (Phi) is 4.93. The van der Waals surface area contributed by atoms with Crippen molar-refractivity contribution in [2.24, 2.45) is 0 Å². The van der Waals surface area contributed by atoms with Crippen molar-refractivity contribution in [1.29, 1.82) is 0 Å². The fourth-order valence-electron chi connectivity index (χ4n) is 1.87. The molecule has 0 saturated heterocycles. The number of carboxylic acid groups (broad SMARTS) is 1. The van der Waals surface area contributed by atoms with Gasteiger partial charge in [-0.1, -0.05) is 24.3 Å². The summed E-state index contributed by atoms with van der Waals surface area (Å²) >= 11 is 0. The second-order valence-electron chi connectivity index (χ2n) is 4.45. The summed E-state index contributed by atoms with van der Waals surface area (Å²) in [4.78, 5) is 23.0. The van der Waals surface area contributed by atoms with Gasteiger partial charge in [-0.25, -0.2) is 4.79 Å².